The van der Waals surface area contributed by atoms with E-state index < -0.39 is 0 Å². The van der Waals surface area contributed by atoms with Crippen molar-refractivity contribution in [3.8, 4) is 0 Å². The predicted molar refractivity (Wildman–Crippen MR) is 97.7 cm³/mol. The van der Waals surface area contributed by atoms with Crippen molar-refractivity contribution in [2.24, 2.45) is 34.0 Å². The van der Waals surface area contributed by atoms with E-state index in [0.29, 0.717) is 23.3 Å². The maximum Gasteiger partial charge on any atom is 0.00917 e. The van der Waals surface area contributed by atoms with Gasteiger partial charge in [-0.3, -0.25) is 0 Å². The molecule has 0 unspecified atom stereocenters. The van der Waals surface area contributed by atoms with Crippen LogP contribution >= 0.6 is 0 Å². The molecule has 0 heterocycles. The first-order chi connectivity index (χ1) is 9.12. The topological polar surface area (TPSA) is 3.24 Å². The van der Waals surface area contributed by atoms with E-state index >= 15 is 0 Å². The molecule has 0 aliphatic carbocycles. The summed E-state index contributed by atoms with van der Waals surface area (Å²) in [6.45, 7) is 26.8. The monoisotopic (exact) mass is 297 g/mol. The highest BCUT2D eigenvalue weighted by Gasteiger charge is 2.53. The van der Waals surface area contributed by atoms with Gasteiger partial charge in [0.15, 0.2) is 0 Å². The molecule has 128 valence electrons. The summed E-state index contributed by atoms with van der Waals surface area (Å²) in [6, 6.07) is 0.587. The first-order valence-electron chi connectivity index (χ1n) is 8.78. The zero-order chi connectivity index (χ0) is 17.4. The number of rotatable bonds is 7. The molecule has 1 heteroatoms. The van der Waals surface area contributed by atoms with Gasteiger partial charge in [-0.05, 0) is 55.0 Å². The van der Waals surface area contributed by atoms with Crippen molar-refractivity contribution in [1.29, 1.82) is 0 Å². The highest BCUT2D eigenvalue weighted by Crippen LogP contribution is 2.59. The quantitative estimate of drug-likeness (QED) is 0.562. The Morgan fingerprint density at radius 3 is 1.24 bits per heavy atom. The summed E-state index contributed by atoms with van der Waals surface area (Å²) in [5.74, 6) is 2.06. The van der Waals surface area contributed by atoms with Crippen molar-refractivity contribution >= 4 is 0 Å². The van der Waals surface area contributed by atoms with Gasteiger partial charge in [0.25, 0.3) is 0 Å². The molecule has 0 amide bonds. The van der Waals surface area contributed by atoms with E-state index in [4.69, 9.17) is 0 Å². The second-order valence-corrected chi connectivity index (χ2v) is 9.59. The van der Waals surface area contributed by atoms with Gasteiger partial charge in [-0.25, -0.2) is 0 Å². The molecule has 0 rings (SSSR count). The Hall–Kier alpha value is -0.0400. The fraction of sp³-hybridized carbons (Fsp3) is 1.00. The lowest BCUT2D eigenvalue weighted by Gasteiger charge is -2.59. The minimum absolute atomic E-state index is 0.257. The molecule has 0 aromatic heterocycles. The Bertz CT molecular complexity index is 323. The molecule has 0 aliphatic rings. The van der Waals surface area contributed by atoms with Gasteiger partial charge in [-0.1, -0.05) is 69.2 Å². The van der Waals surface area contributed by atoms with Crippen molar-refractivity contribution in [1.82, 2.24) is 4.90 Å². The Balaban J connectivity index is 5.65. The van der Waals surface area contributed by atoms with Gasteiger partial charge in [0, 0.05) is 6.04 Å². The summed E-state index contributed by atoms with van der Waals surface area (Å²) < 4.78 is 0. The summed E-state index contributed by atoms with van der Waals surface area (Å²) in [6.07, 6.45) is 0. The highest BCUT2D eigenvalue weighted by molar-refractivity contribution is 5.02. The van der Waals surface area contributed by atoms with Crippen LogP contribution in [0.5, 0.6) is 0 Å². The maximum atomic E-state index is 2.49. The Morgan fingerprint density at radius 2 is 0.952 bits per heavy atom. The van der Waals surface area contributed by atoms with Crippen LogP contribution in [-0.4, -0.2) is 25.0 Å². The molecule has 1 nitrogen and oxygen atoms in total. The summed E-state index contributed by atoms with van der Waals surface area (Å²) in [7, 11) is 4.40. The molecule has 0 radical (unpaired) electrons. The standard InChI is InChI=1S/C20H43N/c1-14(2)15(3)18(6,7)20(10,11)19(8,9)16(4)17(5)21(12)13/h14-17H,1-13H3/t15-,16-,17-/m1/s1. The number of hydrogen-bond donors (Lipinski definition) is 0. The van der Waals surface area contributed by atoms with Crippen molar-refractivity contribution in [3.05, 3.63) is 0 Å². The molecule has 0 bridgehead atoms. The Morgan fingerprint density at radius 1 is 0.619 bits per heavy atom. The molecule has 0 saturated heterocycles. The van der Waals surface area contributed by atoms with Gasteiger partial charge in [0.2, 0.25) is 0 Å². The van der Waals surface area contributed by atoms with Crippen LogP contribution in [0.3, 0.4) is 0 Å². The Labute approximate surface area is 135 Å². The van der Waals surface area contributed by atoms with Gasteiger partial charge in [0.1, 0.15) is 0 Å². The molecule has 0 fully saturated rings. The normalized spacial score (nSPS) is 19.0. The third-order valence-corrected chi connectivity index (χ3v) is 8.04. The van der Waals surface area contributed by atoms with Crippen LogP contribution in [0.2, 0.25) is 0 Å². The number of nitrogens with zero attached hydrogens (tertiary/aromatic N) is 1. The third-order valence-electron chi connectivity index (χ3n) is 8.04. The maximum absolute atomic E-state index is 2.49. The van der Waals surface area contributed by atoms with E-state index in [-0.39, 0.29) is 10.8 Å². The van der Waals surface area contributed by atoms with Crippen molar-refractivity contribution < 1.29 is 0 Å². The van der Waals surface area contributed by atoms with Gasteiger partial charge in [-0.2, -0.15) is 0 Å². The van der Waals surface area contributed by atoms with Crippen LogP contribution < -0.4 is 0 Å². The molecule has 3 atom stereocenters. The predicted octanol–water partition coefficient (Wildman–Crippen LogP) is 5.94. The van der Waals surface area contributed by atoms with E-state index in [9.17, 15) is 0 Å². The third kappa shape index (κ3) is 3.66. The average molecular weight is 298 g/mol. The zero-order valence-electron chi connectivity index (χ0n) is 17.3. The first kappa shape index (κ1) is 21.0. The van der Waals surface area contributed by atoms with E-state index in [0.717, 1.165) is 5.92 Å². The summed E-state index contributed by atoms with van der Waals surface area (Å²) in [5, 5.41) is 0. The van der Waals surface area contributed by atoms with Crippen molar-refractivity contribution in [2.45, 2.75) is 82.2 Å². The number of hydrogen-bond acceptors (Lipinski definition) is 1. The van der Waals surface area contributed by atoms with Crippen molar-refractivity contribution in [3.63, 3.8) is 0 Å². The van der Waals surface area contributed by atoms with Crippen LogP contribution in [-0.2, 0) is 0 Å². The second kappa shape index (κ2) is 6.60. The second-order valence-electron chi connectivity index (χ2n) is 9.59. The SMILES string of the molecule is CC(C)[C@@H](C)C(C)(C)C(C)(C)C(C)(C)[C@H](C)[C@@H](C)N(C)C. The van der Waals surface area contributed by atoms with Crippen LogP contribution in [0.1, 0.15) is 76.2 Å². The van der Waals surface area contributed by atoms with Crippen LogP contribution in [0.25, 0.3) is 0 Å². The summed E-state index contributed by atoms with van der Waals surface area (Å²) >= 11 is 0. The van der Waals surface area contributed by atoms with Gasteiger partial charge in [-0.15, -0.1) is 0 Å². The summed E-state index contributed by atoms with van der Waals surface area (Å²) in [4.78, 5) is 2.36. The first-order valence-corrected chi connectivity index (χ1v) is 8.78. The highest BCUT2D eigenvalue weighted by atomic mass is 15.1. The lowest BCUT2D eigenvalue weighted by Crippen LogP contribution is -2.54. The van der Waals surface area contributed by atoms with E-state index in [1.165, 1.54) is 0 Å². The van der Waals surface area contributed by atoms with Gasteiger partial charge >= 0.3 is 0 Å². The Kier molecular flexibility index (Phi) is 6.59. The molecular weight excluding hydrogens is 254 g/mol. The van der Waals surface area contributed by atoms with E-state index in [1.807, 2.05) is 0 Å². The molecule has 0 saturated carbocycles. The lowest BCUT2D eigenvalue weighted by molar-refractivity contribution is -0.102. The fourth-order valence-corrected chi connectivity index (χ4v) is 3.85. The molecule has 21 heavy (non-hydrogen) atoms. The van der Waals surface area contributed by atoms with Crippen LogP contribution in [0, 0.1) is 34.0 Å². The van der Waals surface area contributed by atoms with E-state index in [1.54, 1.807) is 0 Å². The molecule has 0 aliphatic heterocycles. The summed E-state index contributed by atoms with van der Waals surface area (Å²) in [5.41, 5.74) is 0.821. The van der Waals surface area contributed by atoms with Crippen LogP contribution in [0.15, 0.2) is 0 Å². The smallest absolute Gasteiger partial charge is 0.00917 e. The molecular formula is C20H43N. The fourth-order valence-electron chi connectivity index (χ4n) is 3.85. The minimum atomic E-state index is 0.257. The van der Waals surface area contributed by atoms with Crippen molar-refractivity contribution in [2.75, 3.05) is 14.1 Å². The largest absolute Gasteiger partial charge is 0.306 e. The average Bonchev–Trinajstić information content (AvgIpc) is 2.34. The molecule has 0 aromatic rings. The molecule has 0 spiro atoms. The van der Waals surface area contributed by atoms with Gasteiger partial charge in [0.05, 0.1) is 0 Å². The zero-order valence-corrected chi connectivity index (χ0v) is 17.3. The lowest BCUT2D eigenvalue weighted by atomic mass is 9.47. The van der Waals surface area contributed by atoms with Crippen LogP contribution in [0.4, 0.5) is 0 Å². The van der Waals surface area contributed by atoms with E-state index in [2.05, 4.69) is 95.2 Å². The molecule has 0 N–H and O–H groups in total. The van der Waals surface area contributed by atoms with Gasteiger partial charge < -0.3 is 4.90 Å². The molecule has 0 aromatic carbocycles. The minimum Gasteiger partial charge on any atom is -0.306 e.